The van der Waals surface area contributed by atoms with Gasteiger partial charge in [0.2, 0.25) is 11.8 Å². The van der Waals surface area contributed by atoms with Crippen molar-refractivity contribution < 1.29 is 9.59 Å². The Hall–Kier alpha value is -1.54. The van der Waals surface area contributed by atoms with Crippen LogP contribution in [0.3, 0.4) is 0 Å². The summed E-state index contributed by atoms with van der Waals surface area (Å²) in [5, 5.41) is 8.27. The molecule has 0 radical (unpaired) electrons. The third-order valence-electron chi connectivity index (χ3n) is 2.14. The van der Waals surface area contributed by atoms with Gasteiger partial charge in [0.25, 0.3) is 0 Å². The number of hydrogen-bond donors (Lipinski definition) is 3. The first-order chi connectivity index (χ1) is 7.22. The van der Waals surface area contributed by atoms with Crippen LogP contribution in [0.1, 0.15) is 12.8 Å². The molecule has 0 bridgehead atoms. The summed E-state index contributed by atoms with van der Waals surface area (Å²) in [4.78, 5) is 22.1. The number of carbonyl (C=O) groups excluding carboxylic acids is 2. The van der Waals surface area contributed by atoms with Gasteiger partial charge in [-0.1, -0.05) is 5.92 Å². The van der Waals surface area contributed by atoms with Crippen LogP contribution in [0, 0.1) is 12.3 Å². The molecule has 5 nitrogen and oxygen atoms in total. The number of terminal acetylenes is 1. The lowest BCUT2D eigenvalue weighted by molar-refractivity contribution is -0.121. The summed E-state index contributed by atoms with van der Waals surface area (Å²) >= 11 is 0. The predicted octanol–water partition coefficient (Wildman–Crippen LogP) is -1.40. The van der Waals surface area contributed by atoms with E-state index in [2.05, 4.69) is 21.9 Å². The summed E-state index contributed by atoms with van der Waals surface area (Å²) < 4.78 is 0. The summed E-state index contributed by atoms with van der Waals surface area (Å²) in [6.07, 6.45) is 6.35. The third-order valence-corrected chi connectivity index (χ3v) is 2.14. The maximum Gasteiger partial charge on any atom is 0.234 e. The molecule has 1 fully saturated rings. The molecule has 15 heavy (non-hydrogen) atoms. The van der Waals surface area contributed by atoms with Crippen LogP contribution in [-0.2, 0) is 9.59 Å². The van der Waals surface area contributed by atoms with E-state index < -0.39 is 0 Å². The minimum absolute atomic E-state index is 0.0553. The summed E-state index contributed by atoms with van der Waals surface area (Å²) in [7, 11) is 0. The fourth-order valence-electron chi connectivity index (χ4n) is 1.38. The molecular formula is C10H15N3O2. The van der Waals surface area contributed by atoms with Gasteiger partial charge in [0.15, 0.2) is 0 Å². The van der Waals surface area contributed by atoms with Crippen LogP contribution in [0.5, 0.6) is 0 Å². The molecule has 1 heterocycles. The quantitative estimate of drug-likeness (QED) is 0.385. The molecule has 5 heteroatoms. The van der Waals surface area contributed by atoms with E-state index in [1.54, 1.807) is 0 Å². The molecule has 3 N–H and O–H groups in total. The number of nitrogens with one attached hydrogen (secondary N) is 3. The van der Waals surface area contributed by atoms with E-state index in [1.807, 2.05) is 0 Å². The largest absolute Gasteiger partial charge is 0.353 e. The lowest BCUT2D eigenvalue weighted by Crippen LogP contribution is -2.41. The minimum Gasteiger partial charge on any atom is -0.353 e. The molecule has 0 spiro atoms. The van der Waals surface area contributed by atoms with E-state index in [1.165, 1.54) is 0 Å². The number of rotatable bonds is 5. The molecule has 0 saturated carbocycles. The Labute approximate surface area is 89.0 Å². The first-order valence-electron chi connectivity index (χ1n) is 4.92. The summed E-state index contributed by atoms with van der Waals surface area (Å²) in [5.74, 6) is 2.33. The van der Waals surface area contributed by atoms with Crippen LogP contribution >= 0.6 is 0 Å². The van der Waals surface area contributed by atoms with Gasteiger partial charge in [-0.2, -0.15) is 0 Å². The zero-order valence-corrected chi connectivity index (χ0v) is 8.51. The zero-order chi connectivity index (χ0) is 11.1. The van der Waals surface area contributed by atoms with E-state index in [0.29, 0.717) is 19.5 Å². The van der Waals surface area contributed by atoms with E-state index in [-0.39, 0.29) is 24.4 Å². The Bertz CT molecular complexity index is 283. The van der Waals surface area contributed by atoms with Crippen molar-refractivity contribution in [3.63, 3.8) is 0 Å². The second kappa shape index (κ2) is 6.04. The highest BCUT2D eigenvalue weighted by Crippen LogP contribution is 2.04. The van der Waals surface area contributed by atoms with Crippen LogP contribution in [0.4, 0.5) is 0 Å². The van der Waals surface area contributed by atoms with Crippen LogP contribution in [-0.4, -0.2) is 37.5 Å². The van der Waals surface area contributed by atoms with Gasteiger partial charge in [0.1, 0.15) is 0 Å². The van der Waals surface area contributed by atoms with Gasteiger partial charge in [-0.25, -0.2) is 0 Å². The summed E-state index contributed by atoms with van der Waals surface area (Å²) in [6, 6.07) is 0.0779. The molecule has 1 aliphatic rings. The average molecular weight is 209 g/mol. The molecule has 2 amide bonds. The molecule has 1 aliphatic heterocycles. The lowest BCUT2D eigenvalue weighted by atomic mass is 10.2. The van der Waals surface area contributed by atoms with Crippen molar-refractivity contribution in [2.45, 2.75) is 18.9 Å². The van der Waals surface area contributed by atoms with Crippen molar-refractivity contribution >= 4 is 11.8 Å². The summed E-state index contributed by atoms with van der Waals surface area (Å²) in [6.45, 7) is 1.08. The SMILES string of the molecule is C#CCNCC(=O)NCC1CCC(=O)N1. The van der Waals surface area contributed by atoms with Gasteiger partial charge in [-0.3, -0.25) is 14.9 Å². The van der Waals surface area contributed by atoms with Crippen molar-refractivity contribution in [2.75, 3.05) is 19.6 Å². The summed E-state index contributed by atoms with van der Waals surface area (Å²) in [5.41, 5.74) is 0. The molecule has 0 aromatic carbocycles. The van der Waals surface area contributed by atoms with Crippen LogP contribution in [0.15, 0.2) is 0 Å². The van der Waals surface area contributed by atoms with Gasteiger partial charge in [-0.15, -0.1) is 6.42 Å². The van der Waals surface area contributed by atoms with Crippen LogP contribution in [0.25, 0.3) is 0 Å². The highest BCUT2D eigenvalue weighted by molar-refractivity contribution is 5.79. The fourth-order valence-corrected chi connectivity index (χ4v) is 1.38. The average Bonchev–Trinajstić information content (AvgIpc) is 2.62. The van der Waals surface area contributed by atoms with Gasteiger partial charge in [0.05, 0.1) is 13.1 Å². The Balaban J connectivity index is 2.07. The Morgan fingerprint density at radius 2 is 2.47 bits per heavy atom. The van der Waals surface area contributed by atoms with Gasteiger partial charge in [0, 0.05) is 19.0 Å². The van der Waals surface area contributed by atoms with E-state index in [0.717, 1.165) is 6.42 Å². The molecule has 1 saturated heterocycles. The Morgan fingerprint density at radius 1 is 1.67 bits per heavy atom. The van der Waals surface area contributed by atoms with Crippen molar-refractivity contribution in [1.82, 2.24) is 16.0 Å². The van der Waals surface area contributed by atoms with E-state index in [4.69, 9.17) is 6.42 Å². The molecule has 1 rings (SSSR count). The second-order valence-electron chi connectivity index (χ2n) is 3.41. The number of hydrogen-bond acceptors (Lipinski definition) is 3. The third kappa shape index (κ3) is 4.47. The van der Waals surface area contributed by atoms with E-state index >= 15 is 0 Å². The molecule has 1 unspecified atom stereocenters. The predicted molar refractivity (Wildman–Crippen MR) is 55.9 cm³/mol. The standard InChI is InChI=1S/C10H15N3O2/c1-2-5-11-7-10(15)12-6-8-3-4-9(14)13-8/h1,8,11H,3-7H2,(H,12,15)(H,13,14). The van der Waals surface area contributed by atoms with Gasteiger partial charge < -0.3 is 10.6 Å². The fraction of sp³-hybridized carbons (Fsp3) is 0.600. The molecule has 0 aromatic rings. The smallest absolute Gasteiger partial charge is 0.234 e. The lowest BCUT2D eigenvalue weighted by Gasteiger charge is -2.11. The number of carbonyl (C=O) groups is 2. The van der Waals surface area contributed by atoms with Crippen molar-refractivity contribution in [3.05, 3.63) is 0 Å². The van der Waals surface area contributed by atoms with Crippen LogP contribution < -0.4 is 16.0 Å². The topological polar surface area (TPSA) is 70.2 Å². The van der Waals surface area contributed by atoms with Gasteiger partial charge in [-0.05, 0) is 6.42 Å². The molecule has 82 valence electrons. The molecule has 1 atom stereocenters. The van der Waals surface area contributed by atoms with Gasteiger partial charge >= 0.3 is 0 Å². The maximum absolute atomic E-state index is 11.2. The van der Waals surface area contributed by atoms with Crippen molar-refractivity contribution in [3.8, 4) is 12.3 Å². The highest BCUT2D eigenvalue weighted by Gasteiger charge is 2.20. The Kier molecular flexibility index (Phi) is 4.64. The van der Waals surface area contributed by atoms with E-state index in [9.17, 15) is 9.59 Å². The molecule has 0 aromatic heterocycles. The number of amides is 2. The zero-order valence-electron chi connectivity index (χ0n) is 8.51. The minimum atomic E-state index is -0.105. The normalized spacial score (nSPS) is 19.4. The van der Waals surface area contributed by atoms with Crippen LogP contribution in [0.2, 0.25) is 0 Å². The van der Waals surface area contributed by atoms with Crippen molar-refractivity contribution in [2.24, 2.45) is 0 Å². The Morgan fingerprint density at radius 3 is 3.07 bits per heavy atom. The second-order valence-corrected chi connectivity index (χ2v) is 3.41. The highest BCUT2D eigenvalue weighted by atomic mass is 16.2. The molecule has 0 aliphatic carbocycles. The first kappa shape index (κ1) is 11.5. The maximum atomic E-state index is 11.2. The van der Waals surface area contributed by atoms with Crippen molar-refractivity contribution in [1.29, 1.82) is 0 Å². The molecular weight excluding hydrogens is 194 g/mol. The first-order valence-corrected chi connectivity index (χ1v) is 4.92. The monoisotopic (exact) mass is 209 g/mol.